The lowest BCUT2D eigenvalue weighted by Crippen LogP contribution is -2.26. The predicted molar refractivity (Wildman–Crippen MR) is 62.8 cm³/mol. The van der Waals surface area contributed by atoms with Crippen LogP contribution in [0.3, 0.4) is 0 Å². The molecule has 2 N–H and O–H groups in total. The summed E-state index contributed by atoms with van der Waals surface area (Å²) in [5.74, 6) is 0.487. The largest absolute Gasteiger partial charge is 0.368 e. The molecule has 1 amide bonds. The molecule has 0 aliphatic heterocycles. The van der Waals surface area contributed by atoms with Crippen molar-refractivity contribution in [2.45, 2.75) is 13.8 Å². The number of nitrogens with one attached hydrogen (secondary N) is 2. The average Bonchev–Trinajstić information content (AvgIpc) is 2.25. The Labute approximate surface area is 98.4 Å². The van der Waals surface area contributed by atoms with Gasteiger partial charge in [0.05, 0.1) is 4.92 Å². The third kappa shape index (κ3) is 4.06. The first-order chi connectivity index (χ1) is 8.00. The van der Waals surface area contributed by atoms with E-state index in [1.807, 2.05) is 0 Å². The first-order valence-electron chi connectivity index (χ1n) is 5.10. The summed E-state index contributed by atoms with van der Waals surface area (Å²) in [6, 6.07) is 1.45. The zero-order valence-corrected chi connectivity index (χ0v) is 9.69. The van der Waals surface area contributed by atoms with Crippen LogP contribution in [-0.2, 0) is 4.79 Å². The number of carbonyl (C=O) groups excluding carboxylic acids is 1. The molecule has 92 valence electrons. The van der Waals surface area contributed by atoms with Gasteiger partial charge in [-0.15, -0.1) is 0 Å². The SMILES string of the molecule is CC(=O)NCCNc1ncc([N+](=O)[O-])cc1C. The minimum atomic E-state index is -0.485. The van der Waals surface area contributed by atoms with Gasteiger partial charge in [0.2, 0.25) is 5.91 Å². The summed E-state index contributed by atoms with van der Waals surface area (Å²) in [6.07, 6.45) is 1.20. The van der Waals surface area contributed by atoms with E-state index in [1.54, 1.807) is 6.92 Å². The highest BCUT2D eigenvalue weighted by molar-refractivity contribution is 5.72. The molecular formula is C10H14N4O3. The maximum atomic E-state index is 10.6. The van der Waals surface area contributed by atoms with E-state index in [4.69, 9.17) is 0 Å². The molecule has 0 fully saturated rings. The van der Waals surface area contributed by atoms with Crippen LogP contribution in [0.25, 0.3) is 0 Å². The highest BCUT2D eigenvalue weighted by atomic mass is 16.6. The van der Waals surface area contributed by atoms with E-state index in [-0.39, 0.29) is 11.6 Å². The van der Waals surface area contributed by atoms with Crippen LogP contribution in [0.5, 0.6) is 0 Å². The van der Waals surface area contributed by atoms with Crippen molar-refractivity contribution < 1.29 is 9.72 Å². The number of nitrogens with zero attached hydrogens (tertiary/aromatic N) is 2. The Morgan fingerprint density at radius 1 is 1.53 bits per heavy atom. The van der Waals surface area contributed by atoms with Crippen LogP contribution < -0.4 is 10.6 Å². The smallest absolute Gasteiger partial charge is 0.287 e. The van der Waals surface area contributed by atoms with Gasteiger partial charge < -0.3 is 10.6 Å². The van der Waals surface area contributed by atoms with Gasteiger partial charge in [-0.3, -0.25) is 14.9 Å². The first-order valence-corrected chi connectivity index (χ1v) is 5.10. The molecule has 0 aliphatic carbocycles. The number of hydrogen-bond acceptors (Lipinski definition) is 5. The minimum absolute atomic E-state index is 0.0325. The molecule has 0 saturated heterocycles. The van der Waals surface area contributed by atoms with E-state index in [2.05, 4.69) is 15.6 Å². The second kappa shape index (κ2) is 5.78. The summed E-state index contributed by atoms with van der Waals surface area (Å²) in [4.78, 5) is 24.6. The quantitative estimate of drug-likeness (QED) is 0.450. The Hall–Kier alpha value is -2.18. The molecule has 17 heavy (non-hydrogen) atoms. The standard InChI is InChI=1S/C10H14N4O3/c1-7-5-9(14(16)17)6-13-10(7)12-4-3-11-8(2)15/h5-6H,3-4H2,1-2H3,(H,11,15)(H,12,13). The summed E-state index contributed by atoms with van der Waals surface area (Å²) in [6.45, 7) is 4.18. The van der Waals surface area contributed by atoms with Gasteiger partial charge in [0.15, 0.2) is 0 Å². The van der Waals surface area contributed by atoms with Crippen LogP contribution in [0.15, 0.2) is 12.3 Å². The van der Waals surface area contributed by atoms with Crippen molar-refractivity contribution in [3.8, 4) is 0 Å². The Morgan fingerprint density at radius 3 is 2.76 bits per heavy atom. The van der Waals surface area contributed by atoms with Crippen LogP contribution in [0, 0.1) is 17.0 Å². The van der Waals surface area contributed by atoms with Crippen molar-refractivity contribution in [1.29, 1.82) is 0 Å². The number of anilines is 1. The van der Waals surface area contributed by atoms with E-state index in [1.165, 1.54) is 19.2 Å². The molecule has 0 spiro atoms. The molecule has 1 aromatic heterocycles. The average molecular weight is 238 g/mol. The minimum Gasteiger partial charge on any atom is -0.368 e. The number of pyridine rings is 1. The number of amides is 1. The van der Waals surface area contributed by atoms with Crippen molar-refractivity contribution in [2.75, 3.05) is 18.4 Å². The third-order valence-corrected chi connectivity index (χ3v) is 2.07. The van der Waals surface area contributed by atoms with Crippen molar-refractivity contribution in [3.63, 3.8) is 0 Å². The van der Waals surface area contributed by atoms with Crippen molar-refractivity contribution in [2.24, 2.45) is 0 Å². The highest BCUT2D eigenvalue weighted by Gasteiger charge is 2.08. The molecule has 0 saturated carbocycles. The van der Waals surface area contributed by atoms with Gasteiger partial charge in [-0.05, 0) is 12.5 Å². The summed E-state index contributed by atoms with van der Waals surface area (Å²) >= 11 is 0. The van der Waals surface area contributed by atoms with Crippen molar-refractivity contribution in [3.05, 3.63) is 27.9 Å². The molecule has 1 heterocycles. The van der Waals surface area contributed by atoms with E-state index >= 15 is 0 Å². The molecule has 1 rings (SSSR count). The zero-order valence-electron chi connectivity index (χ0n) is 9.69. The molecule has 0 unspecified atom stereocenters. The van der Waals surface area contributed by atoms with Crippen LogP contribution in [0.2, 0.25) is 0 Å². The second-order valence-electron chi connectivity index (χ2n) is 3.53. The summed E-state index contributed by atoms with van der Waals surface area (Å²) < 4.78 is 0. The van der Waals surface area contributed by atoms with Gasteiger partial charge in [0, 0.05) is 26.1 Å². The zero-order chi connectivity index (χ0) is 12.8. The third-order valence-electron chi connectivity index (χ3n) is 2.07. The second-order valence-corrected chi connectivity index (χ2v) is 3.53. The Kier molecular flexibility index (Phi) is 4.38. The van der Waals surface area contributed by atoms with E-state index in [9.17, 15) is 14.9 Å². The Morgan fingerprint density at radius 2 is 2.24 bits per heavy atom. The number of aromatic nitrogens is 1. The lowest BCUT2D eigenvalue weighted by atomic mass is 10.2. The fourth-order valence-corrected chi connectivity index (χ4v) is 1.26. The van der Waals surface area contributed by atoms with Gasteiger partial charge in [-0.25, -0.2) is 4.98 Å². The van der Waals surface area contributed by atoms with Crippen LogP contribution in [-0.4, -0.2) is 28.9 Å². The summed E-state index contributed by atoms with van der Waals surface area (Å²) in [5, 5.41) is 16.1. The maximum absolute atomic E-state index is 10.6. The summed E-state index contributed by atoms with van der Waals surface area (Å²) in [5.41, 5.74) is 0.664. The molecule has 0 aromatic carbocycles. The van der Waals surface area contributed by atoms with Gasteiger partial charge in [0.1, 0.15) is 12.0 Å². The number of rotatable bonds is 5. The van der Waals surface area contributed by atoms with E-state index in [0.29, 0.717) is 24.5 Å². The van der Waals surface area contributed by atoms with E-state index < -0.39 is 4.92 Å². The fraction of sp³-hybridized carbons (Fsp3) is 0.400. The lowest BCUT2D eigenvalue weighted by molar-refractivity contribution is -0.385. The predicted octanol–water partition coefficient (Wildman–Crippen LogP) is 0.846. The monoisotopic (exact) mass is 238 g/mol. The van der Waals surface area contributed by atoms with Gasteiger partial charge in [-0.1, -0.05) is 0 Å². The van der Waals surface area contributed by atoms with Crippen LogP contribution >= 0.6 is 0 Å². The number of nitro groups is 1. The number of hydrogen-bond donors (Lipinski definition) is 2. The van der Waals surface area contributed by atoms with Gasteiger partial charge in [0.25, 0.3) is 5.69 Å². The molecule has 0 aliphatic rings. The van der Waals surface area contributed by atoms with Crippen molar-refractivity contribution in [1.82, 2.24) is 10.3 Å². The topological polar surface area (TPSA) is 97.2 Å². The highest BCUT2D eigenvalue weighted by Crippen LogP contribution is 2.17. The number of carbonyl (C=O) groups is 1. The number of aryl methyl sites for hydroxylation is 1. The van der Waals surface area contributed by atoms with Crippen LogP contribution in [0.4, 0.5) is 11.5 Å². The Balaban J connectivity index is 2.54. The molecule has 0 bridgehead atoms. The molecular weight excluding hydrogens is 224 g/mol. The molecule has 0 radical (unpaired) electrons. The first kappa shape index (κ1) is 12.9. The normalized spacial score (nSPS) is 9.76. The molecule has 7 heteroatoms. The molecule has 1 aromatic rings. The van der Waals surface area contributed by atoms with E-state index in [0.717, 1.165) is 0 Å². The maximum Gasteiger partial charge on any atom is 0.287 e. The van der Waals surface area contributed by atoms with Gasteiger partial charge in [-0.2, -0.15) is 0 Å². The van der Waals surface area contributed by atoms with Gasteiger partial charge >= 0.3 is 0 Å². The molecule has 7 nitrogen and oxygen atoms in total. The fourth-order valence-electron chi connectivity index (χ4n) is 1.26. The van der Waals surface area contributed by atoms with Crippen LogP contribution in [0.1, 0.15) is 12.5 Å². The lowest BCUT2D eigenvalue weighted by Gasteiger charge is -2.08. The summed E-state index contributed by atoms with van der Waals surface area (Å²) in [7, 11) is 0. The Bertz CT molecular complexity index is 434. The van der Waals surface area contributed by atoms with Crippen molar-refractivity contribution >= 4 is 17.4 Å². The molecule has 0 atom stereocenters.